The molecule has 1 aromatic rings. The second-order valence-electron chi connectivity index (χ2n) is 1.17. The molecule has 0 aliphatic heterocycles. The van der Waals surface area contributed by atoms with E-state index >= 15 is 0 Å². The lowest BCUT2D eigenvalue weighted by atomic mass is 10.8. The van der Waals surface area contributed by atoms with E-state index in [9.17, 15) is 0 Å². The number of imidazole rings is 1. The van der Waals surface area contributed by atoms with Crippen molar-refractivity contribution in [2.75, 3.05) is 0 Å². The molecule has 0 spiro atoms. The lowest BCUT2D eigenvalue weighted by Gasteiger charge is -1.68. The van der Waals surface area contributed by atoms with Crippen LogP contribution in [0, 0.1) is 6.92 Å². The van der Waals surface area contributed by atoms with E-state index < -0.39 is 0 Å². The van der Waals surface area contributed by atoms with Gasteiger partial charge in [0.2, 0.25) is 0 Å². The van der Waals surface area contributed by atoms with Crippen molar-refractivity contribution in [3.05, 3.63) is 18.2 Å². The molecule has 0 radical (unpaired) electrons. The molecule has 0 fully saturated rings. The molecule has 0 aromatic carbocycles. The summed E-state index contributed by atoms with van der Waals surface area (Å²) in [6.45, 7) is 1.92. The lowest BCUT2D eigenvalue weighted by molar-refractivity contribution is 0.824. The van der Waals surface area contributed by atoms with Gasteiger partial charge >= 0.3 is 0 Å². The van der Waals surface area contributed by atoms with Crippen LogP contribution < -0.4 is 0 Å². The summed E-state index contributed by atoms with van der Waals surface area (Å²) < 4.78 is 0. The molecule has 3 nitrogen and oxygen atoms in total. The zero-order chi connectivity index (χ0) is 4.41. The van der Waals surface area contributed by atoms with E-state index in [1.807, 2.05) is 6.92 Å². The maximum atomic E-state index is 3.86. The molecular formula is C4H8N2O. The fraction of sp³-hybridized carbons (Fsp3) is 0.250. The number of rotatable bonds is 0. The van der Waals surface area contributed by atoms with E-state index in [0.29, 0.717) is 0 Å². The Morgan fingerprint density at radius 3 is 2.57 bits per heavy atom. The third-order valence-corrected chi connectivity index (χ3v) is 0.635. The van der Waals surface area contributed by atoms with Crippen molar-refractivity contribution in [3.8, 4) is 0 Å². The van der Waals surface area contributed by atoms with Gasteiger partial charge in [0.05, 0.1) is 0 Å². The summed E-state index contributed by atoms with van der Waals surface area (Å²) >= 11 is 0. The minimum Gasteiger partial charge on any atom is -0.412 e. The molecule has 0 atom stereocenters. The molecule has 0 unspecified atom stereocenters. The second-order valence-corrected chi connectivity index (χ2v) is 1.17. The Labute approximate surface area is 41.7 Å². The highest BCUT2D eigenvalue weighted by molar-refractivity contribution is 4.80. The first kappa shape index (κ1) is 6.17. The van der Waals surface area contributed by atoms with Crippen molar-refractivity contribution < 1.29 is 5.48 Å². The summed E-state index contributed by atoms with van der Waals surface area (Å²) in [5, 5.41) is 0. The van der Waals surface area contributed by atoms with Gasteiger partial charge in [-0.05, 0) is 6.92 Å². The Kier molecular flexibility index (Phi) is 2.08. The largest absolute Gasteiger partial charge is 0.412 e. The SMILES string of the molecule is Cc1ncc[nH]1.O. The average molecular weight is 100 g/mol. The minimum absolute atomic E-state index is 0. The van der Waals surface area contributed by atoms with Crippen LogP contribution >= 0.6 is 0 Å². The first-order valence-electron chi connectivity index (χ1n) is 1.85. The van der Waals surface area contributed by atoms with Gasteiger partial charge in [0.1, 0.15) is 5.82 Å². The summed E-state index contributed by atoms with van der Waals surface area (Å²) in [5.41, 5.74) is 0. The zero-order valence-corrected chi connectivity index (χ0v) is 4.10. The van der Waals surface area contributed by atoms with Crippen molar-refractivity contribution in [3.63, 3.8) is 0 Å². The van der Waals surface area contributed by atoms with Gasteiger partial charge in [-0.25, -0.2) is 4.98 Å². The van der Waals surface area contributed by atoms with E-state index in [1.54, 1.807) is 12.4 Å². The van der Waals surface area contributed by atoms with Crippen LogP contribution in [0.2, 0.25) is 0 Å². The van der Waals surface area contributed by atoms with E-state index in [2.05, 4.69) is 9.97 Å². The van der Waals surface area contributed by atoms with Gasteiger partial charge in [0, 0.05) is 12.4 Å². The molecule has 0 amide bonds. The Morgan fingerprint density at radius 2 is 2.43 bits per heavy atom. The van der Waals surface area contributed by atoms with Crippen LogP contribution in [0.25, 0.3) is 0 Å². The van der Waals surface area contributed by atoms with Crippen LogP contribution in [0.5, 0.6) is 0 Å². The first-order chi connectivity index (χ1) is 2.89. The summed E-state index contributed by atoms with van der Waals surface area (Å²) in [6, 6.07) is 0. The Hall–Kier alpha value is -0.830. The van der Waals surface area contributed by atoms with E-state index in [1.165, 1.54) is 0 Å². The number of aromatic amines is 1. The molecular weight excluding hydrogens is 92.1 g/mol. The number of hydrogen-bond acceptors (Lipinski definition) is 1. The number of hydrogen-bond donors (Lipinski definition) is 1. The van der Waals surface area contributed by atoms with Crippen molar-refractivity contribution in [1.82, 2.24) is 9.97 Å². The molecule has 1 heterocycles. The van der Waals surface area contributed by atoms with Crippen LogP contribution in [0.4, 0.5) is 0 Å². The van der Waals surface area contributed by atoms with Crippen molar-refractivity contribution in [2.24, 2.45) is 0 Å². The molecule has 0 bridgehead atoms. The summed E-state index contributed by atoms with van der Waals surface area (Å²) in [4.78, 5) is 6.75. The van der Waals surface area contributed by atoms with Crippen LogP contribution in [0.15, 0.2) is 12.4 Å². The van der Waals surface area contributed by atoms with E-state index in [4.69, 9.17) is 0 Å². The molecule has 0 aliphatic carbocycles. The smallest absolute Gasteiger partial charge is 0.102 e. The fourth-order valence-electron chi connectivity index (χ4n) is 0.344. The number of nitrogens with zero attached hydrogens (tertiary/aromatic N) is 1. The average Bonchev–Trinajstić information content (AvgIpc) is 1.86. The maximum absolute atomic E-state index is 3.86. The molecule has 1 rings (SSSR count). The third-order valence-electron chi connectivity index (χ3n) is 0.635. The minimum atomic E-state index is 0. The number of H-pyrrole nitrogens is 1. The predicted molar refractivity (Wildman–Crippen MR) is 26.9 cm³/mol. The van der Waals surface area contributed by atoms with E-state index in [-0.39, 0.29) is 5.48 Å². The van der Waals surface area contributed by atoms with Crippen molar-refractivity contribution in [1.29, 1.82) is 0 Å². The Bertz CT molecular complexity index is 113. The Morgan fingerprint density at radius 1 is 1.71 bits per heavy atom. The van der Waals surface area contributed by atoms with Crippen LogP contribution in [0.3, 0.4) is 0 Å². The highest BCUT2D eigenvalue weighted by atomic mass is 16.0. The third kappa shape index (κ3) is 1.36. The number of aryl methyl sites for hydroxylation is 1. The molecule has 3 N–H and O–H groups in total. The normalized spacial score (nSPS) is 7.57. The van der Waals surface area contributed by atoms with Gasteiger partial charge in [-0.1, -0.05) is 0 Å². The maximum Gasteiger partial charge on any atom is 0.102 e. The molecule has 0 saturated heterocycles. The van der Waals surface area contributed by atoms with Gasteiger partial charge in [0.25, 0.3) is 0 Å². The Balaban J connectivity index is 0.000000360. The predicted octanol–water partition coefficient (Wildman–Crippen LogP) is -0.107. The number of nitrogens with one attached hydrogen (secondary N) is 1. The highest BCUT2D eigenvalue weighted by Gasteiger charge is 1.73. The fourth-order valence-corrected chi connectivity index (χ4v) is 0.344. The topological polar surface area (TPSA) is 60.2 Å². The van der Waals surface area contributed by atoms with Gasteiger partial charge in [0.15, 0.2) is 0 Å². The van der Waals surface area contributed by atoms with Gasteiger partial charge in [-0.3, -0.25) is 0 Å². The molecule has 40 valence electrons. The molecule has 0 saturated carbocycles. The molecule has 7 heavy (non-hydrogen) atoms. The summed E-state index contributed by atoms with van der Waals surface area (Å²) in [7, 11) is 0. The highest BCUT2D eigenvalue weighted by Crippen LogP contribution is 1.78. The first-order valence-corrected chi connectivity index (χ1v) is 1.85. The van der Waals surface area contributed by atoms with Crippen LogP contribution in [0.1, 0.15) is 5.82 Å². The number of aromatic nitrogens is 2. The van der Waals surface area contributed by atoms with Crippen molar-refractivity contribution >= 4 is 0 Å². The van der Waals surface area contributed by atoms with Crippen LogP contribution in [-0.4, -0.2) is 15.4 Å². The lowest BCUT2D eigenvalue weighted by Crippen LogP contribution is -1.66. The molecule has 3 heteroatoms. The monoisotopic (exact) mass is 100 g/mol. The van der Waals surface area contributed by atoms with Gasteiger partial charge < -0.3 is 10.5 Å². The summed E-state index contributed by atoms with van der Waals surface area (Å²) in [6.07, 6.45) is 3.53. The van der Waals surface area contributed by atoms with Gasteiger partial charge in [-0.15, -0.1) is 0 Å². The van der Waals surface area contributed by atoms with Crippen molar-refractivity contribution in [2.45, 2.75) is 6.92 Å². The molecule has 0 aliphatic rings. The summed E-state index contributed by atoms with van der Waals surface area (Å²) in [5.74, 6) is 0.968. The van der Waals surface area contributed by atoms with Crippen LogP contribution in [-0.2, 0) is 0 Å². The zero-order valence-electron chi connectivity index (χ0n) is 4.10. The standard InChI is InChI=1S/C4H6N2.H2O/c1-4-5-2-3-6-4;/h2-3H,1H3,(H,5,6);1H2. The molecule has 1 aromatic heterocycles. The quantitative estimate of drug-likeness (QED) is 0.486. The van der Waals surface area contributed by atoms with Gasteiger partial charge in [-0.2, -0.15) is 0 Å². The second kappa shape index (κ2) is 2.36. The van der Waals surface area contributed by atoms with E-state index in [0.717, 1.165) is 5.82 Å².